The Bertz CT molecular complexity index is 235. The van der Waals surface area contributed by atoms with Crippen LogP contribution in [-0.2, 0) is 0 Å². The molecule has 2 N–H and O–H groups in total. The number of aryl methyl sites for hydroxylation is 1. The number of likely N-dealkylation sites (N-methyl/N-ethyl adjacent to an activating group) is 1. The quantitative estimate of drug-likeness (QED) is 0.654. The number of anilines is 1. The maximum absolute atomic E-state index is 4.21. The van der Waals surface area contributed by atoms with Gasteiger partial charge in [-0.15, -0.1) is 0 Å². The van der Waals surface area contributed by atoms with Crippen LogP contribution < -0.4 is 10.6 Å². The molecule has 0 aromatic carbocycles. The summed E-state index contributed by atoms with van der Waals surface area (Å²) in [6.45, 7) is 3.92. The second kappa shape index (κ2) is 4.72. The third-order valence-corrected chi connectivity index (χ3v) is 1.68. The highest BCUT2D eigenvalue weighted by Gasteiger charge is 1.94. The zero-order valence-corrected chi connectivity index (χ0v) is 7.59. The molecule has 0 aliphatic carbocycles. The van der Waals surface area contributed by atoms with Gasteiger partial charge < -0.3 is 10.6 Å². The Labute approximate surface area is 73.2 Å². The number of nitrogens with zero attached hydrogens (tertiary/aromatic N) is 1. The van der Waals surface area contributed by atoms with E-state index in [0.29, 0.717) is 0 Å². The van der Waals surface area contributed by atoms with Crippen molar-refractivity contribution in [2.75, 3.05) is 25.5 Å². The van der Waals surface area contributed by atoms with Crippen molar-refractivity contribution in [3.63, 3.8) is 0 Å². The van der Waals surface area contributed by atoms with E-state index in [1.807, 2.05) is 13.1 Å². The Morgan fingerprint density at radius 3 is 2.92 bits per heavy atom. The third-order valence-electron chi connectivity index (χ3n) is 1.68. The molecule has 12 heavy (non-hydrogen) atoms. The molecule has 0 unspecified atom stereocenters. The Morgan fingerprint density at radius 2 is 2.25 bits per heavy atom. The molecule has 1 aromatic heterocycles. The van der Waals surface area contributed by atoms with E-state index in [9.17, 15) is 0 Å². The van der Waals surface area contributed by atoms with Crippen LogP contribution in [-0.4, -0.2) is 25.1 Å². The molecule has 0 aliphatic rings. The normalized spacial score (nSPS) is 9.83. The minimum absolute atomic E-state index is 0.911. The number of rotatable bonds is 4. The Morgan fingerprint density at radius 1 is 1.42 bits per heavy atom. The largest absolute Gasteiger partial charge is 0.369 e. The first-order valence-corrected chi connectivity index (χ1v) is 4.14. The van der Waals surface area contributed by atoms with Crippen molar-refractivity contribution in [2.24, 2.45) is 0 Å². The summed E-state index contributed by atoms with van der Waals surface area (Å²) in [7, 11) is 1.94. The highest BCUT2D eigenvalue weighted by molar-refractivity contribution is 5.42. The van der Waals surface area contributed by atoms with Crippen molar-refractivity contribution in [3.8, 4) is 0 Å². The van der Waals surface area contributed by atoms with Crippen molar-refractivity contribution in [1.29, 1.82) is 0 Å². The number of hydrogen-bond donors (Lipinski definition) is 2. The summed E-state index contributed by atoms with van der Waals surface area (Å²) in [4.78, 5) is 4.21. The lowest BCUT2D eigenvalue weighted by atomic mass is 10.3. The topological polar surface area (TPSA) is 37.0 Å². The van der Waals surface area contributed by atoms with Gasteiger partial charge in [-0.05, 0) is 25.6 Å². The lowest BCUT2D eigenvalue weighted by molar-refractivity contribution is 0.820. The van der Waals surface area contributed by atoms with Crippen LogP contribution in [0.5, 0.6) is 0 Å². The summed E-state index contributed by atoms with van der Waals surface area (Å²) in [6.07, 6.45) is 1.80. The molecule has 0 atom stereocenters. The van der Waals surface area contributed by atoms with E-state index in [1.54, 1.807) is 6.20 Å². The summed E-state index contributed by atoms with van der Waals surface area (Å²) in [5.41, 5.74) is 1.19. The minimum atomic E-state index is 0.911. The van der Waals surface area contributed by atoms with Crippen LogP contribution >= 0.6 is 0 Å². The molecule has 0 bridgehead atoms. The van der Waals surface area contributed by atoms with E-state index in [1.165, 1.54) is 5.56 Å². The molecule has 0 fully saturated rings. The van der Waals surface area contributed by atoms with E-state index in [-0.39, 0.29) is 0 Å². The molecule has 1 aromatic rings. The number of pyridine rings is 1. The summed E-state index contributed by atoms with van der Waals surface area (Å²) >= 11 is 0. The van der Waals surface area contributed by atoms with Crippen LogP contribution in [0, 0.1) is 6.92 Å². The first kappa shape index (κ1) is 9.00. The molecule has 0 amide bonds. The fourth-order valence-corrected chi connectivity index (χ4v) is 0.977. The summed E-state index contributed by atoms with van der Waals surface area (Å²) in [6, 6.07) is 3.99. The van der Waals surface area contributed by atoms with Gasteiger partial charge in [0.1, 0.15) is 5.82 Å². The first-order valence-electron chi connectivity index (χ1n) is 4.14. The third kappa shape index (κ3) is 2.51. The van der Waals surface area contributed by atoms with Gasteiger partial charge in [-0.1, -0.05) is 6.07 Å². The number of aromatic nitrogens is 1. The molecule has 0 saturated carbocycles. The van der Waals surface area contributed by atoms with Crippen LogP contribution in [0.2, 0.25) is 0 Å². The molecular weight excluding hydrogens is 150 g/mol. The van der Waals surface area contributed by atoms with Gasteiger partial charge in [-0.3, -0.25) is 0 Å². The molecule has 1 rings (SSSR count). The van der Waals surface area contributed by atoms with Crippen molar-refractivity contribution >= 4 is 5.82 Å². The zero-order chi connectivity index (χ0) is 8.81. The van der Waals surface area contributed by atoms with E-state index in [4.69, 9.17) is 0 Å². The van der Waals surface area contributed by atoms with Gasteiger partial charge in [0.25, 0.3) is 0 Å². The lowest BCUT2D eigenvalue weighted by Gasteiger charge is -2.06. The smallest absolute Gasteiger partial charge is 0.128 e. The van der Waals surface area contributed by atoms with Crippen LogP contribution in [0.4, 0.5) is 5.82 Å². The van der Waals surface area contributed by atoms with Gasteiger partial charge in [0, 0.05) is 19.3 Å². The van der Waals surface area contributed by atoms with Gasteiger partial charge >= 0.3 is 0 Å². The predicted octanol–water partition coefficient (Wildman–Crippen LogP) is 1.02. The zero-order valence-electron chi connectivity index (χ0n) is 7.59. The fourth-order valence-electron chi connectivity index (χ4n) is 0.977. The van der Waals surface area contributed by atoms with E-state index in [0.717, 1.165) is 18.9 Å². The van der Waals surface area contributed by atoms with Gasteiger partial charge in [0.2, 0.25) is 0 Å². The lowest BCUT2D eigenvalue weighted by Crippen LogP contribution is -2.18. The molecule has 66 valence electrons. The maximum atomic E-state index is 4.21. The van der Waals surface area contributed by atoms with Gasteiger partial charge in [0.15, 0.2) is 0 Å². The van der Waals surface area contributed by atoms with Crippen LogP contribution in [0.1, 0.15) is 5.56 Å². The molecule has 0 spiro atoms. The van der Waals surface area contributed by atoms with Gasteiger partial charge in [0.05, 0.1) is 0 Å². The number of hydrogen-bond acceptors (Lipinski definition) is 3. The van der Waals surface area contributed by atoms with Crippen LogP contribution in [0.15, 0.2) is 18.3 Å². The molecule has 0 radical (unpaired) electrons. The van der Waals surface area contributed by atoms with E-state index < -0.39 is 0 Å². The Hall–Kier alpha value is -1.09. The highest BCUT2D eigenvalue weighted by atomic mass is 15.0. The predicted molar refractivity (Wildman–Crippen MR) is 51.4 cm³/mol. The molecule has 0 aliphatic heterocycles. The summed E-state index contributed by atoms with van der Waals surface area (Å²) in [5, 5.41) is 6.31. The van der Waals surface area contributed by atoms with Crippen LogP contribution in [0.25, 0.3) is 0 Å². The van der Waals surface area contributed by atoms with Crippen molar-refractivity contribution in [3.05, 3.63) is 23.9 Å². The highest BCUT2D eigenvalue weighted by Crippen LogP contribution is 2.07. The Balaban J connectivity index is 2.46. The van der Waals surface area contributed by atoms with Crippen molar-refractivity contribution in [2.45, 2.75) is 6.92 Å². The molecule has 3 heteroatoms. The standard InChI is InChI=1S/C9H15N3/c1-8-4-3-5-11-9(8)12-7-6-10-2/h3-5,10H,6-7H2,1-2H3,(H,11,12). The maximum Gasteiger partial charge on any atom is 0.128 e. The van der Waals surface area contributed by atoms with Gasteiger partial charge in [-0.2, -0.15) is 0 Å². The SMILES string of the molecule is CNCCNc1ncccc1C. The van der Waals surface area contributed by atoms with Gasteiger partial charge in [-0.25, -0.2) is 4.98 Å². The minimum Gasteiger partial charge on any atom is -0.369 e. The number of nitrogens with one attached hydrogen (secondary N) is 2. The average molecular weight is 165 g/mol. The molecule has 0 saturated heterocycles. The first-order chi connectivity index (χ1) is 5.84. The second-order valence-electron chi connectivity index (χ2n) is 2.70. The summed E-state index contributed by atoms with van der Waals surface area (Å²) < 4.78 is 0. The van der Waals surface area contributed by atoms with Crippen LogP contribution in [0.3, 0.4) is 0 Å². The molecule has 3 nitrogen and oxygen atoms in total. The molecular formula is C9H15N3. The second-order valence-corrected chi connectivity index (χ2v) is 2.70. The fraction of sp³-hybridized carbons (Fsp3) is 0.444. The van der Waals surface area contributed by atoms with Crippen molar-refractivity contribution in [1.82, 2.24) is 10.3 Å². The monoisotopic (exact) mass is 165 g/mol. The van der Waals surface area contributed by atoms with E-state index >= 15 is 0 Å². The average Bonchev–Trinajstić information content (AvgIpc) is 2.09. The van der Waals surface area contributed by atoms with Crippen molar-refractivity contribution < 1.29 is 0 Å². The molecule has 1 heterocycles. The van der Waals surface area contributed by atoms with E-state index in [2.05, 4.69) is 28.6 Å². The Kier molecular flexibility index (Phi) is 3.54. The summed E-state index contributed by atoms with van der Waals surface area (Å²) in [5.74, 6) is 0.979.